The molecule has 32 heavy (non-hydrogen) atoms. The van der Waals surface area contributed by atoms with Crippen LogP contribution >= 0.6 is 23.2 Å². The zero-order valence-electron chi connectivity index (χ0n) is 17.3. The average molecular weight is 472 g/mol. The van der Waals surface area contributed by atoms with Gasteiger partial charge < -0.3 is 13.9 Å². The van der Waals surface area contributed by atoms with Gasteiger partial charge in [0.1, 0.15) is 17.0 Å². The van der Waals surface area contributed by atoms with Crippen molar-refractivity contribution in [2.24, 2.45) is 0 Å². The fourth-order valence-electron chi connectivity index (χ4n) is 3.07. The summed E-state index contributed by atoms with van der Waals surface area (Å²) in [7, 11) is 0. The molecule has 164 valence electrons. The van der Waals surface area contributed by atoms with Gasteiger partial charge in [-0.25, -0.2) is 4.98 Å². The Morgan fingerprint density at radius 2 is 1.88 bits per heavy atom. The topological polar surface area (TPSA) is 77.7 Å². The minimum Gasteiger partial charge on any atom is -0.481 e. The van der Waals surface area contributed by atoms with E-state index in [0.717, 1.165) is 0 Å². The van der Waals surface area contributed by atoms with Gasteiger partial charge in [-0.15, -0.1) is 0 Å². The number of fused-ring (bicyclic) bond motifs is 1. The Kier molecular flexibility index (Phi) is 6.48. The minimum atomic E-state index is -0.749. The van der Waals surface area contributed by atoms with E-state index in [1.165, 1.54) is 4.90 Å². The van der Waals surface area contributed by atoms with E-state index in [-0.39, 0.29) is 12.0 Å². The number of pyridine rings is 1. The second kappa shape index (κ2) is 9.46. The molecule has 9 heteroatoms. The maximum Gasteiger partial charge on any atom is 0.400 e. The highest BCUT2D eigenvalue weighted by Crippen LogP contribution is 2.29. The Labute approximate surface area is 194 Å². The van der Waals surface area contributed by atoms with Crippen molar-refractivity contribution in [3.8, 4) is 17.6 Å². The molecule has 4 aromatic rings. The third-order valence-electron chi connectivity index (χ3n) is 4.60. The van der Waals surface area contributed by atoms with Crippen molar-refractivity contribution in [1.29, 1.82) is 0 Å². The largest absolute Gasteiger partial charge is 0.481 e. The summed E-state index contributed by atoms with van der Waals surface area (Å²) in [5.41, 5.74) is 1.18. The molecule has 0 saturated carbocycles. The van der Waals surface area contributed by atoms with Crippen LogP contribution < -0.4 is 14.4 Å². The number of carbonyl (C=O) groups excluding carboxylic acids is 1. The quantitative estimate of drug-likeness (QED) is 0.322. The van der Waals surface area contributed by atoms with E-state index in [4.69, 9.17) is 37.1 Å². The number of halogens is 2. The van der Waals surface area contributed by atoms with Crippen LogP contribution in [0.4, 0.5) is 5.82 Å². The third-order valence-corrected chi connectivity index (χ3v) is 5.13. The summed E-state index contributed by atoms with van der Waals surface area (Å²) in [6.07, 6.45) is 0.944. The number of aromatic nitrogens is 2. The second-order valence-corrected chi connectivity index (χ2v) is 7.66. The molecule has 0 N–H and O–H groups in total. The Morgan fingerprint density at radius 3 is 2.59 bits per heavy atom. The highest BCUT2D eigenvalue weighted by atomic mass is 35.5. The van der Waals surface area contributed by atoms with Crippen molar-refractivity contribution in [3.63, 3.8) is 0 Å². The van der Waals surface area contributed by atoms with E-state index in [1.807, 2.05) is 6.92 Å². The van der Waals surface area contributed by atoms with Gasteiger partial charge in [-0.1, -0.05) is 23.2 Å². The monoisotopic (exact) mass is 471 g/mol. The molecule has 1 atom stereocenters. The van der Waals surface area contributed by atoms with Crippen LogP contribution in [0.25, 0.3) is 11.1 Å². The first kappa shape index (κ1) is 21.9. The van der Waals surface area contributed by atoms with E-state index in [9.17, 15) is 4.79 Å². The zero-order chi connectivity index (χ0) is 22.7. The van der Waals surface area contributed by atoms with Crippen LogP contribution in [-0.4, -0.2) is 28.5 Å². The summed E-state index contributed by atoms with van der Waals surface area (Å²) in [5.74, 6) is 1.16. The maximum absolute atomic E-state index is 12.9. The molecule has 0 radical (unpaired) electrons. The molecule has 4 rings (SSSR count). The molecule has 0 saturated heterocycles. The molecule has 0 spiro atoms. The highest BCUT2D eigenvalue weighted by Gasteiger charge is 2.24. The van der Waals surface area contributed by atoms with E-state index >= 15 is 0 Å². The molecule has 7 nitrogen and oxygen atoms in total. The number of benzene rings is 2. The number of anilines is 1. The Balaban J connectivity index is 1.42. The van der Waals surface area contributed by atoms with Gasteiger partial charge in [0, 0.05) is 23.8 Å². The molecular weight excluding hydrogens is 453 g/mol. The summed E-state index contributed by atoms with van der Waals surface area (Å²) in [4.78, 5) is 22.9. The molecule has 2 aromatic heterocycles. The number of rotatable bonds is 7. The van der Waals surface area contributed by atoms with E-state index < -0.39 is 6.10 Å². The molecule has 2 heterocycles. The number of ether oxygens (including phenoxy) is 2. The summed E-state index contributed by atoms with van der Waals surface area (Å²) < 4.78 is 17.0. The SMILES string of the molecule is CCN(C(=O)[C@@H](C)Oc1ccc(Oc2nc3ccc(Cl)cc3o2)cc1)c1ncccc1Cl. The minimum absolute atomic E-state index is 0.102. The molecule has 0 fully saturated rings. The van der Waals surface area contributed by atoms with Crippen LogP contribution in [0, 0.1) is 0 Å². The average Bonchev–Trinajstić information content (AvgIpc) is 3.18. The van der Waals surface area contributed by atoms with Crippen LogP contribution in [0.2, 0.25) is 10.0 Å². The third kappa shape index (κ3) is 4.79. The van der Waals surface area contributed by atoms with Gasteiger partial charge in [-0.05, 0) is 62.4 Å². The highest BCUT2D eigenvalue weighted by molar-refractivity contribution is 6.33. The van der Waals surface area contributed by atoms with E-state index in [0.29, 0.717) is 45.0 Å². The Morgan fingerprint density at radius 1 is 1.12 bits per heavy atom. The van der Waals surface area contributed by atoms with Gasteiger partial charge >= 0.3 is 6.08 Å². The zero-order valence-corrected chi connectivity index (χ0v) is 18.8. The normalized spacial score (nSPS) is 11.9. The van der Waals surface area contributed by atoms with Gasteiger partial charge in [0.15, 0.2) is 17.5 Å². The van der Waals surface area contributed by atoms with Crippen molar-refractivity contribution in [1.82, 2.24) is 9.97 Å². The molecule has 1 amide bonds. The summed E-state index contributed by atoms with van der Waals surface area (Å²) in [5, 5.41) is 0.954. The molecule has 0 aliphatic carbocycles. The van der Waals surface area contributed by atoms with Gasteiger partial charge in [-0.3, -0.25) is 9.69 Å². The van der Waals surface area contributed by atoms with Gasteiger partial charge in [-0.2, -0.15) is 4.98 Å². The van der Waals surface area contributed by atoms with Gasteiger partial charge in [0.2, 0.25) is 0 Å². The summed E-state index contributed by atoms with van der Waals surface area (Å²) in [6, 6.07) is 15.3. The number of amides is 1. The van der Waals surface area contributed by atoms with Crippen molar-refractivity contribution in [3.05, 3.63) is 70.8 Å². The number of hydrogen-bond donors (Lipinski definition) is 0. The first-order chi connectivity index (χ1) is 15.4. The van der Waals surface area contributed by atoms with Crippen LogP contribution in [0.5, 0.6) is 17.6 Å². The van der Waals surface area contributed by atoms with Gasteiger partial charge in [0.25, 0.3) is 5.91 Å². The number of carbonyl (C=O) groups is 1. The van der Waals surface area contributed by atoms with Crippen molar-refractivity contribution < 1.29 is 18.7 Å². The van der Waals surface area contributed by atoms with Crippen molar-refractivity contribution in [2.75, 3.05) is 11.4 Å². The van der Waals surface area contributed by atoms with E-state index in [2.05, 4.69) is 9.97 Å². The van der Waals surface area contributed by atoms with Crippen LogP contribution in [0.15, 0.2) is 65.2 Å². The lowest BCUT2D eigenvalue weighted by Gasteiger charge is -2.24. The van der Waals surface area contributed by atoms with Crippen molar-refractivity contribution >= 4 is 46.0 Å². The fourth-order valence-corrected chi connectivity index (χ4v) is 3.45. The summed E-state index contributed by atoms with van der Waals surface area (Å²) in [6.45, 7) is 3.93. The standard InChI is InChI=1S/C23H19Cl2N3O4/c1-3-28(21-18(25)5-4-12-26-21)22(29)14(2)30-16-7-9-17(10-8-16)31-23-27-19-11-6-15(24)13-20(19)32-23/h4-14H,3H2,1-2H3/t14-/m1/s1. The predicted octanol–water partition coefficient (Wildman–Crippen LogP) is 6.14. The van der Waals surface area contributed by atoms with Crippen LogP contribution in [-0.2, 0) is 4.79 Å². The summed E-state index contributed by atoms with van der Waals surface area (Å²) >= 11 is 12.2. The number of hydrogen-bond acceptors (Lipinski definition) is 6. The molecule has 0 aliphatic heterocycles. The van der Waals surface area contributed by atoms with Crippen molar-refractivity contribution in [2.45, 2.75) is 20.0 Å². The lowest BCUT2D eigenvalue weighted by Crippen LogP contribution is -2.41. The molecule has 2 aromatic carbocycles. The number of nitrogens with zero attached hydrogens (tertiary/aromatic N) is 3. The molecule has 0 unspecified atom stereocenters. The maximum atomic E-state index is 12.9. The molecule has 0 aliphatic rings. The molecular formula is C23H19Cl2N3O4. The first-order valence-corrected chi connectivity index (χ1v) is 10.6. The molecule has 0 bridgehead atoms. The number of likely N-dealkylation sites (N-methyl/N-ethyl adjacent to an activating group) is 1. The second-order valence-electron chi connectivity index (χ2n) is 6.82. The van der Waals surface area contributed by atoms with E-state index in [1.54, 1.807) is 67.7 Å². The Bertz CT molecular complexity index is 1240. The fraction of sp³-hybridized carbons (Fsp3) is 0.174. The van der Waals surface area contributed by atoms with Gasteiger partial charge in [0.05, 0.1) is 5.02 Å². The number of oxazole rings is 1. The van der Waals surface area contributed by atoms with Crippen LogP contribution in [0.1, 0.15) is 13.8 Å². The predicted molar refractivity (Wildman–Crippen MR) is 123 cm³/mol. The lowest BCUT2D eigenvalue weighted by atomic mass is 10.3. The lowest BCUT2D eigenvalue weighted by molar-refractivity contribution is -0.124. The van der Waals surface area contributed by atoms with Crippen LogP contribution in [0.3, 0.4) is 0 Å². The Hall–Kier alpha value is -3.29. The smallest absolute Gasteiger partial charge is 0.400 e. The first-order valence-electron chi connectivity index (χ1n) is 9.87.